The van der Waals surface area contributed by atoms with Crippen molar-refractivity contribution in [3.63, 3.8) is 0 Å². The van der Waals surface area contributed by atoms with Gasteiger partial charge in [-0.05, 0) is 6.42 Å². The topological polar surface area (TPSA) is 18.0 Å². The quantitative estimate of drug-likeness (QED) is 0.515. The van der Waals surface area contributed by atoms with Crippen molar-refractivity contribution in [1.82, 2.24) is 4.57 Å². The predicted molar refractivity (Wildman–Crippen MR) is 56.2 cm³/mol. The van der Waals surface area contributed by atoms with Gasteiger partial charge >= 0.3 is 0 Å². The molecule has 0 aliphatic carbocycles. The van der Waals surface area contributed by atoms with Gasteiger partial charge < -0.3 is 4.74 Å². The third-order valence-electron chi connectivity index (χ3n) is 2.60. The van der Waals surface area contributed by atoms with E-state index in [0.29, 0.717) is 0 Å². The van der Waals surface area contributed by atoms with E-state index < -0.39 is 0 Å². The van der Waals surface area contributed by atoms with Gasteiger partial charge in [-0.15, -0.1) is 0 Å². The molecule has 0 saturated carbocycles. The van der Waals surface area contributed by atoms with Crippen LogP contribution in [0, 0.1) is 13.8 Å². The number of ether oxygens (including phenoxy) is 1. The standard InChI is InChI=1S/C11H21N2O/c1-5-7-14-8-6-13-9-10(2)12(4)11(13)3/h9H,5-8H2,1-4H3/q+1. The van der Waals surface area contributed by atoms with Crippen molar-refractivity contribution >= 4 is 0 Å². The van der Waals surface area contributed by atoms with E-state index in [2.05, 4.69) is 43.1 Å². The molecule has 0 radical (unpaired) electrons. The summed E-state index contributed by atoms with van der Waals surface area (Å²) in [5.41, 5.74) is 1.29. The van der Waals surface area contributed by atoms with Crippen LogP contribution in [-0.4, -0.2) is 17.8 Å². The summed E-state index contributed by atoms with van der Waals surface area (Å²) in [4.78, 5) is 0. The predicted octanol–water partition coefficient (Wildman–Crippen LogP) is 1.36. The SMILES string of the molecule is CCCOCCn1cc(C)[n+](C)c1C. The van der Waals surface area contributed by atoms with Crippen LogP contribution in [0.5, 0.6) is 0 Å². The van der Waals surface area contributed by atoms with Crippen molar-refractivity contribution < 1.29 is 9.30 Å². The second-order valence-corrected chi connectivity index (χ2v) is 3.68. The molecule has 1 aromatic heterocycles. The van der Waals surface area contributed by atoms with Crippen LogP contribution in [0.1, 0.15) is 24.9 Å². The molecular formula is C11H21N2O+. The Labute approximate surface area is 86.3 Å². The molecule has 0 N–H and O–H groups in total. The van der Waals surface area contributed by atoms with Gasteiger partial charge in [0, 0.05) is 20.5 Å². The number of aryl methyl sites for hydroxylation is 1. The number of aromatic nitrogens is 2. The van der Waals surface area contributed by atoms with E-state index in [4.69, 9.17) is 4.74 Å². The van der Waals surface area contributed by atoms with E-state index in [1.54, 1.807) is 0 Å². The molecule has 1 rings (SSSR count). The summed E-state index contributed by atoms with van der Waals surface area (Å²) in [6.45, 7) is 9.01. The minimum absolute atomic E-state index is 0.808. The van der Waals surface area contributed by atoms with Gasteiger partial charge in [0.25, 0.3) is 5.82 Å². The molecule has 0 bridgehead atoms. The van der Waals surface area contributed by atoms with Crippen LogP contribution in [-0.2, 0) is 18.3 Å². The fourth-order valence-electron chi connectivity index (χ4n) is 1.49. The van der Waals surface area contributed by atoms with Crippen LogP contribution < -0.4 is 4.57 Å². The molecule has 1 aromatic rings. The van der Waals surface area contributed by atoms with Gasteiger partial charge in [-0.1, -0.05) is 6.92 Å². The maximum Gasteiger partial charge on any atom is 0.253 e. The summed E-state index contributed by atoms with van der Waals surface area (Å²) in [7, 11) is 2.09. The highest BCUT2D eigenvalue weighted by molar-refractivity contribution is 4.90. The number of hydrogen-bond acceptors (Lipinski definition) is 1. The zero-order valence-electron chi connectivity index (χ0n) is 9.71. The lowest BCUT2D eigenvalue weighted by atomic mass is 10.5. The smallest absolute Gasteiger partial charge is 0.253 e. The number of imidazole rings is 1. The van der Waals surface area contributed by atoms with Gasteiger partial charge in [-0.3, -0.25) is 0 Å². The number of rotatable bonds is 5. The first kappa shape index (κ1) is 11.2. The van der Waals surface area contributed by atoms with Gasteiger partial charge in [0.2, 0.25) is 0 Å². The van der Waals surface area contributed by atoms with Crippen molar-refractivity contribution in [2.45, 2.75) is 33.7 Å². The summed E-state index contributed by atoms with van der Waals surface area (Å²) in [6, 6.07) is 0. The molecule has 14 heavy (non-hydrogen) atoms. The third kappa shape index (κ3) is 2.58. The van der Waals surface area contributed by atoms with E-state index in [1.807, 2.05) is 0 Å². The maximum absolute atomic E-state index is 5.46. The fraction of sp³-hybridized carbons (Fsp3) is 0.727. The molecule has 0 fully saturated rings. The van der Waals surface area contributed by atoms with Gasteiger partial charge in [-0.2, -0.15) is 0 Å². The van der Waals surface area contributed by atoms with E-state index in [0.717, 1.165) is 26.2 Å². The molecule has 1 heterocycles. The Morgan fingerprint density at radius 1 is 1.36 bits per heavy atom. The Balaban J connectivity index is 2.47. The Morgan fingerprint density at radius 2 is 2.07 bits per heavy atom. The normalized spacial score (nSPS) is 10.9. The first-order chi connectivity index (χ1) is 6.66. The first-order valence-corrected chi connectivity index (χ1v) is 5.27. The molecule has 3 nitrogen and oxygen atoms in total. The number of nitrogens with zero attached hydrogens (tertiary/aromatic N) is 2. The zero-order valence-corrected chi connectivity index (χ0v) is 9.71. The molecule has 80 valence electrons. The highest BCUT2D eigenvalue weighted by Gasteiger charge is 2.12. The van der Waals surface area contributed by atoms with Crippen molar-refractivity contribution in [3.8, 4) is 0 Å². The van der Waals surface area contributed by atoms with E-state index in [1.165, 1.54) is 11.5 Å². The zero-order chi connectivity index (χ0) is 10.6. The molecule has 0 amide bonds. The minimum Gasteiger partial charge on any atom is -0.377 e. The molecular weight excluding hydrogens is 176 g/mol. The summed E-state index contributed by atoms with van der Waals surface area (Å²) < 4.78 is 9.90. The molecule has 0 spiro atoms. The van der Waals surface area contributed by atoms with Crippen molar-refractivity contribution in [2.24, 2.45) is 7.05 Å². The van der Waals surface area contributed by atoms with Crippen molar-refractivity contribution in [2.75, 3.05) is 13.2 Å². The van der Waals surface area contributed by atoms with Gasteiger partial charge in [0.1, 0.15) is 18.4 Å². The Hall–Kier alpha value is -0.830. The fourth-order valence-corrected chi connectivity index (χ4v) is 1.49. The Bertz CT molecular complexity index is 292. The summed E-state index contributed by atoms with van der Waals surface area (Å²) in [5, 5.41) is 0. The largest absolute Gasteiger partial charge is 0.377 e. The highest BCUT2D eigenvalue weighted by atomic mass is 16.5. The van der Waals surface area contributed by atoms with Crippen LogP contribution in [0.3, 0.4) is 0 Å². The second-order valence-electron chi connectivity index (χ2n) is 3.68. The lowest BCUT2D eigenvalue weighted by Gasteiger charge is -2.00. The van der Waals surface area contributed by atoms with Crippen LogP contribution in [0.15, 0.2) is 6.20 Å². The van der Waals surface area contributed by atoms with Crippen LogP contribution in [0.25, 0.3) is 0 Å². The van der Waals surface area contributed by atoms with Crippen LogP contribution >= 0.6 is 0 Å². The van der Waals surface area contributed by atoms with E-state index in [-0.39, 0.29) is 0 Å². The molecule has 0 atom stereocenters. The highest BCUT2D eigenvalue weighted by Crippen LogP contribution is 1.98. The minimum atomic E-state index is 0.808. The average Bonchev–Trinajstić information content (AvgIpc) is 2.41. The molecule has 0 saturated heterocycles. The van der Waals surface area contributed by atoms with E-state index >= 15 is 0 Å². The van der Waals surface area contributed by atoms with Gasteiger partial charge in [0.05, 0.1) is 13.7 Å². The van der Waals surface area contributed by atoms with Crippen molar-refractivity contribution in [3.05, 3.63) is 17.7 Å². The Kier molecular flexibility index (Phi) is 4.14. The Morgan fingerprint density at radius 3 is 2.57 bits per heavy atom. The molecule has 0 aromatic carbocycles. The lowest BCUT2D eigenvalue weighted by Crippen LogP contribution is -2.33. The van der Waals surface area contributed by atoms with Crippen molar-refractivity contribution in [1.29, 1.82) is 0 Å². The number of hydrogen-bond donors (Lipinski definition) is 0. The van der Waals surface area contributed by atoms with Gasteiger partial charge in [0.15, 0.2) is 0 Å². The lowest BCUT2D eigenvalue weighted by molar-refractivity contribution is -0.683. The maximum atomic E-state index is 5.46. The summed E-state index contributed by atoms with van der Waals surface area (Å²) >= 11 is 0. The monoisotopic (exact) mass is 197 g/mol. The molecule has 3 heteroatoms. The first-order valence-electron chi connectivity index (χ1n) is 5.27. The third-order valence-corrected chi connectivity index (χ3v) is 2.60. The summed E-state index contributed by atoms with van der Waals surface area (Å²) in [6.07, 6.45) is 3.27. The molecule has 0 aliphatic heterocycles. The average molecular weight is 197 g/mol. The molecule has 0 unspecified atom stereocenters. The van der Waals surface area contributed by atoms with E-state index in [9.17, 15) is 0 Å². The van der Waals surface area contributed by atoms with Crippen LogP contribution in [0.2, 0.25) is 0 Å². The van der Waals surface area contributed by atoms with Crippen LogP contribution in [0.4, 0.5) is 0 Å². The second kappa shape index (κ2) is 5.15. The molecule has 0 aliphatic rings. The van der Waals surface area contributed by atoms with Gasteiger partial charge in [-0.25, -0.2) is 9.13 Å². The summed E-state index contributed by atoms with van der Waals surface area (Å²) in [5.74, 6) is 1.28.